The second-order valence-corrected chi connectivity index (χ2v) is 6.01. The molecule has 27 heavy (non-hydrogen) atoms. The molecule has 1 aromatic heterocycles. The second kappa shape index (κ2) is 9.43. The Morgan fingerprint density at radius 1 is 1.11 bits per heavy atom. The molecule has 6 heteroatoms. The van der Waals surface area contributed by atoms with Gasteiger partial charge in [0.15, 0.2) is 0 Å². The highest BCUT2D eigenvalue weighted by molar-refractivity contribution is 5.86. The molecule has 5 nitrogen and oxygen atoms in total. The summed E-state index contributed by atoms with van der Waals surface area (Å²) in [7, 11) is 0. The van der Waals surface area contributed by atoms with Crippen LogP contribution in [0.15, 0.2) is 66.9 Å². The van der Waals surface area contributed by atoms with Crippen LogP contribution in [0, 0.1) is 5.82 Å². The topological polar surface area (TPSA) is 57.0 Å². The van der Waals surface area contributed by atoms with E-state index in [1.807, 2.05) is 30.3 Å². The van der Waals surface area contributed by atoms with E-state index in [2.05, 4.69) is 10.3 Å². The molecule has 0 aliphatic carbocycles. The van der Waals surface area contributed by atoms with E-state index in [4.69, 9.17) is 4.74 Å². The molecule has 0 N–H and O–H groups in total. The zero-order chi connectivity index (χ0) is 18.9. The predicted octanol–water partition coefficient (Wildman–Crippen LogP) is 3.65. The summed E-state index contributed by atoms with van der Waals surface area (Å²) in [6, 6.07) is 16.1. The molecule has 0 bridgehead atoms. The molecule has 1 heterocycles. The van der Waals surface area contributed by atoms with Crippen LogP contribution < -0.4 is 0 Å². The van der Waals surface area contributed by atoms with E-state index in [0.29, 0.717) is 31.6 Å². The summed E-state index contributed by atoms with van der Waals surface area (Å²) in [5.41, 5.74) is 2.29. The van der Waals surface area contributed by atoms with Crippen molar-refractivity contribution in [3.05, 3.63) is 89.5 Å². The fourth-order valence-electron chi connectivity index (χ4n) is 2.53. The number of carbonyl (C=O) groups excluding carboxylic acids is 1. The van der Waals surface area contributed by atoms with Gasteiger partial charge in [0.05, 0.1) is 18.8 Å². The normalized spacial score (nSPS) is 11.0. The number of hydrogen-bond donors (Lipinski definition) is 0. The molecule has 3 aromatic rings. The number of nitrogens with zero attached hydrogens (tertiary/aromatic N) is 3. The number of hydrogen-bond acceptors (Lipinski definition) is 4. The van der Waals surface area contributed by atoms with Crippen molar-refractivity contribution in [2.75, 3.05) is 6.61 Å². The number of rotatable bonds is 8. The number of aromatic nitrogens is 3. The van der Waals surface area contributed by atoms with Crippen LogP contribution >= 0.6 is 0 Å². The quantitative estimate of drug-likeness (QED) is 0.347. The third kappa shape index (κ3) is 5.88. The first-order valence-electron chi connectivity index (χ1n) is 8.73. The van der Waals surface area contributed by atoms with E-state index < -0.39 is 0 Å². The maximum absolute atomic E-state index is 13.7. The summed E-state index contributed by atoms with van der Waals surface area (Å²) in [5, 5.41) is 8.08. The largest absolute Gasteiger partial charge is 0.463 e. The Morgan fingerprint density at radius 3 is 2.70 bits per heavy atom. The first kappa shape index (κ1) is 18.5. The van der Waals surface area contributed by atoms with Crippen molar-refractivity contribution >= 4 is 12.0 Å². The van der Waals surface area contributed by atoms with Crippen LogP contribution in [0.1, 0.15) is 23.2 Å². The van der Waals surface area contributed by atoms with Crippen molar-refractivity contribution in [2.45, 2.75) is 19.4 Å². The molecule has 0 saturated carbocycles. The standard InChI is InChI=1S/C21H20FN3O2/c22-20-11-5-4-9-18(20)15-25-16-19(23-24-25)10-6-14-27-21(26)13-12-17-7-2-1-3-8-17/h1-5,7-9,11-13,16H,6,10,14-15H2/b13-12+. The molecule has 0 amide bonds. The van der Waals surface area contributed by atoms with Crippen LogP contribution in [0.5, 0.6) is 0 Å². The SMILES string of the molecule is O=C(/C=C/c1ccccc1)OCCCc1cn(Cc2ccccc2F)nn1. The van der Waals surface area contributed by atoms with Crippen LogP contribution in [-0.4, -0.2) is 27.6 Å². The summed E-state index contributed by atoms with van der Waals surface area (Å²) < 4.78 is 20.4. The summed E-state index contributed by atoms with van der Waals surface area (Å²) >= 11 is 0. The molecule has 0 spiro atoms. The van der Waals surface area contributed by atoms with Gasteiger partial charge >= 0.3 is 5.97 Å². The summed E-state index contributed by atoms with van der Waals surface area (Å²) in [5.74, 6) is -0.632. The van der Waals surface area contributed by atoms with Gasteiger partial charge in [-0.2, -0.15) is 0 Å². The van der Waals surface area contributed by atoms with Crippen LogP contribution in [0.2, 0.25) is 0 Å². The number of aryl methyl sites for hydroxylation is 1. The van der Waals surface area contributed by atoms with E-state index in [1.165, 1.54) is 12.1 Å². The molecule has 0 unspecified atom stereocenters. The molecule has 0 aliphatic heterocycles. The Balaban J connectivity index is 1.39. The van der Waals surface area contributed by atoms with Gasteiger partial charge in [-0.25, -0.2) is 13.9 Å². The van der Waals surface area contributed by atoms with Gasteiger partial charge in [-0.3, -0.25) is 0 Å². The van der Waals surface area contributed by atoms with Crippen LogP contribution in [0.3, 0.4) is 0 Å². The Bertz CT molecular complexity index is 907. The fourth-order valence-corrected chi connectivity index (χ4v) is 2.53. The maximum Gasteiger partial charge on any atom is 0.330 e. The highest BCUT2D eigenvalue weighted by Gasteiger charge is 2.05. The lowest BCUT2D eigenvalue weighted by Crippen LogP contribution is -2.03. The Kier molecular flexibility index (Phi) is 6.46. The average molecular weight is 365 g/mol. The van der Waals surface area contributed by atoms with Crippen LogP contribution in [-0.2, 0) is 22.5 Å². The second-order valence-electron chi connectivity index (χ2n) is 6.01. The Hall–Kier alpha value is -3.28. The van der Waals surface area contributed by atoms with Crippen LogP contribution in [0.4, 0.5) is 4.39 Å². The van der Waals surface area contributed by atoms with Crippen molar-refractivity contribution in [3.63, 3.8) is 0 Å². The average Bonchev–Trinajstić information content (AvgIpc) is 3.14. The third-order valence-electron chi connectivity index (χ3n) is 3.91. The van der Waals surface area contributed by atoms with Gasteiger partial charge in [0.2, 0.25) is 0 Å². The molecule has 0 saturated heterocycles. The number of carbonyl (C=O) groups is 1. The smallest absolute Gasteiger partial charge is 0.330 e. The molecule has 2 aromatic carbocycles. The first-order chi connectivity index (χ1) is 13.2. The van der Waals surface area contributed by atoms with Gasteiger partial charge in [-0.05, 0) is 30.5 Å². The molecule has 138 valence electrons. The van der Waals surface area contributed by atoms with Gasteiger partial charge in [0.25, 0.3) is 0 Å². The van der Waals surface area contributed by atoms with Gasteiger partial charge in [-0.15, -0.1) is 5.10 Å². The minimum Gasteiger partial charge on any atom is -0.463 e. The van der Waals surface area contributed by atoms with E-state index in [-0.39, 0.29) is 11.8 Å². The predicted molar refractivity (Wildman–Crippen MR) is 100 cm³/mol. The van der Waals surface area contributed by atoms with Crippen molar-refractivity contribution in [2.24, 2.45) is 0 Å². The number of ether oxygens (including phenoxy) is 1. The molecule has 3 rings (SSSR count). The number of benzene rings is 2. The summed E-state index contributed by atoms with van der Waals surface area (Å²) in [4.78, 5) is 11.7. The Morgan fingerprint density at radius 2 is 1.89 bits per heavy atom. The minimum atomic E-state index is -0.373. The van der Waals surface area contributed by atoms with E-state index >= 15 is 0 Å². The lowest BCUT2D eigenvalue weighted by Gasteiger charge is -2.02. The van der Waals surface area contributed by atoms with Crippen molar-refractivity contribution in [3.8, 4) is 0 Å². The highest BCUT2D eigenvalue weighted by Crippen LogP contribution is 2.09. The molecule has 0 radical (unpaired) electrons. The lowest BCUT2D eigenvalue weighted by atomic mass is 10.2. The third-order valence-corrected chi connectivity index (χ3v) is 3.91. The molecule has 0 aliphatic rings. The van der Waals surface area contributed by atoms with Crippen molar-refractivity contribution < 1.29 is 13.9 Å². The molecule has 0 atom stereocenters. The van der Waals surface area contributed by atoms with Crippen molar-refractivity contribution in [1.82, 2.24) is 15.0 Å². The van der Waals surface area contributed by atoms with E-state index in [0.717, 1.165) is 11.3 Å². The summed E-state index contributed by atoms with van der Waals surface area (Å²) in [6.07, 6.45) is 6.19. The van der Waals surface area contributed by atoms with Gasteiger partial charge in [-0.1, -0.05) is 53.7 Å². The zero-order valence-electron chi connectivity index (χ0n) is 14.8. The fraction of sp³-hybridized carbons (Fsp3) is 0.190. The lowest BCUT2D eigenvalue weighted by molar-refractivity contribution is -0.137. The maximum atomic E-state index is 13.7. The van der Waals surface area contributed by atoms with E-state index in [9.17, 15) is 9.18 Å². The van der Waals surface area contributed by atoms with Gasteiger partial charge in [0.1, 0.15) is 5.82 Å². The Labute approximate surface area is 157 Å². The molecular formula is C21H20FN3O2. The highest BCUT2D eigenvalue weighted by atomic mass is 19.1. The first-order valence-corrected chi connectivity index (χ1v) is 8.73. The molecule has 0 fully saturated rings. The monoisotopic (exact) mass is 365 g/mol. The number of halogens is 1. The van der Waals surface area contributed by atoms with E-state index in [1.54, 1.807) is 35.2 Å². The molecular weight excluding hydrogens is 345 g/mol. The minimum absolute atomic E-state index is 0.259. The number of esters is 1. The van der Waals surface area contributed by atoms with Crippen molar-refractivity contribution in [1.29, 1.82) is 0 Å². The summed E-state index contributed by atoms with van der Waals surface area (Å²) in [6.45, 7) is 0.636. The van der Waals surface area contributed by atoms with Crippen LogP contribution in [0.25, 0.3) is 6.08 Å². The zero-order valence-corrected chi connectivity index (χ0v) is 14.8. The van der Waals surface area contributed by atoms with Gasteiger partial charge < -0.3 is 4.74 Å². The van der Waals surface area contributed by atoms with Gasteiger partial charge in [0, 0.05) is 17.8 Å².